The molecule has 6 heteroatoms. The van der Waals surface area contributed by atoms with Crippen molar-refractivity contribution in [1.29, 1.82) is 0 Å². The molecule has 0 aliphatic heterocycles. The molecule has 260 valence electrons. The van der Waals surface area contributed by atoms with Gasteiger partial charge in [-0.25, -0.2) is 0 Å². The van der Waals surface area contributed by atoms with Crippen LogP contribution in [0, 0.1) is 0 Å². The van der Waals surface area contributed by atoms with Crippen LogP contribution in [0.1, 0.15) is 121 Å². The topological polar surface area (TPSA) is 90.2 Å². The molecular formula is C42H57O5P. The summed E-state index contributed by atoms with van der Waals surface area (Å²) in [5.41, 5.74) is 3.37. The predicted octanol–water partition coefficient (Wildman–Crippen LogP) is 9.92. The van der Waals surface area contributed by atoms with Crippen molar-refractivity contribution in [1.82, 2.24) is 0 Å². The number of hydrogen-bond donors (Lipinski definition) is 4. The number of aromatic hydroxyl groups is 2. The summed E-state index contributed by atoms with van der Waals surface area (Å²) in [6, 6.07) is 29.4. The molecule has 0 unspecified atom stereocenters. The van der Waals surface area contributed by atoms with E-state index in [0.29, 0.717) is 10.6 Å². The van der Waals surface area contributed by atoms with Gasteiger partial charge in [0, 0.05) is 0 Å². The van der Waals surface area contributed by atoms with Crippen molar-refractivity contribution in [2.75, 3.05) is 6.61 Å². The van der Waals surface area contributed by atoms with Crippen molar-refractivity contribution in [3.05, 3.63) is 119 Å². The molecule has 4 aromatic carbocycles. The van der Waals surface area contributed by atoms with Gasteiger partial charge in [-0.05, 0) is 0 Å². The van der Waals surface area contributed by atoms with Crippen LogP contribution in [0.5, 0.6) is 11.5 Å². The zero-order valence-corrected chi connectivity index (χ0v) is 30.6. The van der Waals surface area contributed by atoms with Crippen molar-refractivity contribution >= 4 is 17.9 Å². The Morgan fingerprint density at radius 2 is 0.750 bits per heavy atom. The number of phenolic OH excluding ortho intramolecular Hbond substituents is 2. The van der Waals surface area contributed by atoms with E-state index in [-0.39, 0.29) is 28.9 Å². The van der Waals surface area contributed by atoms with Crippen LogP contribution >= 0.6 is 7.28 Å². The van der Waals surface area contributed by atoms with Crippen LogP contribution in [0.15, 0.2) is 97.1 Å². The number of phenols is 2. The average molecular weight is 673 g/mol. The number of unbranched alkanes of at least 4 members (excludes halogenated alkanes) is 9. The van der Waals surface area contributed by atoms with E-state index < -0.39 is 7.28 Å². The van der Waals surface area contributed by atoms with Gasteiger partial charge in [0.15, 0.2) is 0 Å². The monoisotopic (exact) mass is 672 g/mol. The molecule has 5 nitrogen and oxygen atoms in total. The standard InChI is InChI=1S/C42H57O5P/c1-6-7-8-9-10-11-12-13-14-15-32-47-48(45,46,39-28-20-35(21-29-39)41(2,3)33-16-24-37(43)25-17-33)40-30-22-36(23-31-40)42(4,5)34-18-26-38(44)27-19-34/h16-31,43-46H,6-15,32H2,1-5H3. The Kier molecular flexibility index (Phi) is 12.5. The molecule has 0 amide bonds. The van der Waals surface area contributed by atoms with Crippen LogP contribution in [0.3, 0.4) is 0 Å². The Labute approximate surface area is 288 Å². The molecule has 0 aliphatic rings. The second-order valence-electron chi connectivity index (χ2n) is 14.4. The van der Waals surface area contributed by atoms with E-state index in [2.05, 4.69) is 34.6 Å². The van der Waals surface area contributed by atoms with Crippen molar-refractivity contribution < 1.29 is 24.5 Å². The van der Waals surface area contributed by atoms with Crippen molar-refractivity contribution in [3.8, 4) is 11.5 Å². The first kappa shape index (κ1) is 37.6. The van der Waals surface area contributed by atoms with E-state index >= 15 is 0 Å². The van der Waals surface area contributed by atoms with Crippen LogP contribution in [-0.4, -0.2) is 26.6 Å². The molecule has 0 saturated carbocycles. The van der Waals surface area contributed by atoms with Gasteiger partial charge in [0.05, 0.1) is 0 Å². The molecule has 0 fully saturated rings. The van der Waals surface area contributed by atoms with E-state index in [1.807, 2.05) is 48.5 Å². The van der Waals surface area contributed by atoms with E-state index in [0.717, 1.165) is 41.5 Å². The SMILES string of the molecule is CCCCCCCCCCCCOP(O)(O)(c1ccc(C(C)(C)c2ccc(O)cc2)cc1)c1ccc(C(C)(C)c2ccc(O)cc2)cc1. The van der Waals surface area contributed by atoms with Gasteiger partial charge >= 0.3 is 283 Å². The van der Waals surface area contributed by atoms with Gasteiger partial charge in [-0.15, -0.1) is 0 Å². The van der Waals surface area contributed by atoms with Gasteiger partial charge in [0.25, 0.3) is 0 Å². The Hall–Kier alpha value is -3.21. The first-order valence-electron chi connectivity index (χ1n) is 17.8. The van der Waals surface area contributed by atoms with Crippen LogP contribution in [0.4, 0.5) is 0 Å². The zero-order chi connectivity index (χ0) is 34.9. The Morgan fingerprint density at radius 3 is 1.08 bits per heavy atom. The Bertz CT molecular complexity index is 1450. The first-order valence-corrected chi connectivity index (χ1v) is 19.8. The van der Waals surface area contributed by atoms with E-state index in [1.165, 1.54) is 44.9 Å². The predicted molar refractivity (Wildman–Crippen MR) is 202 cm³/mol. The summed E-state index contributed by atoms with van der Waals surface area (Å²) in [7, 11) is -5.01. The summed E-state index contributed by atoms with van der Waals surface area (Å²) in [5.74, 6) is 0.444. The quantitative estimate of drug-likeness (QED) is 0.0624. The fourth-order valence-electron chi connectivity index (χ4n) is 6.51. The molecular weight excluding hydrogens is 615 g/mol. The number of benzene rings is 4. The van der Waals surface area contributed by atoms with Gasteiger partial charge in [-0.2, -0.15) is 0 Å². The van der Waals surface area contributed by atoms with Gasteiger partial charge in [-0.3, -0.25) is 0 Å². The second-order valence-corrected chi connectivity index (χ2v) is 17.6. The molecule has 0 atom stereocenters. The van der Waals surface area contributed by atoms with Gasteiger partial charge in [0.1, 0.15) is 0 Å². The molecule has 0 bridgehead atoms. The van der Waals surface area contributed by atoms with Crippen LogP contribution in [0.25, 0.3) is 0 Å². The molecule has 0 radical (unpaired) electrons. The molecule has 4 N–H and O–H groups in total. The summed E-state index contributed by atoms with van der Waals surface area (Å²) in [5, 5.41) is 20.3. The fraction of sp³-hybridized carbons (Fsp3) is 0.429. The normalized spacial score (nSPS) is 13.3. The Balaban J connectivity index is 1.56. The summed E-state index contributed by atoms with van der Waals surface area (Å²) < 4.78 is 6.29. The Morgan fingerprint density at radius 1 is 0.458 bits per heavy atom. The minimum atomic E-state index is -5.01. The van der Waals surface area contributed by atoms with E-state index in [1.54, 1.807) is 48.5 Å². The molecule has 48 heavy (non-hydrogen) atoms. The van der Waals surface area contributed by atoms with Gasteiger partial charge < -0.3 is 0 Å². The summed E-state index contributed by atoms with van der Waals surface area (Å²) in [6.45, 7) is 10.9. The fourth-order valence-corrected chi connectivity index (χ4v) is 8.95. The van der Waals surface area contributed by atoms with Crippen LogP contribution in [0.2, 0.25) is 0 Å². The summed E-state index contributed by atoms with van der Waals surface area (Å²) >= 11 is 0. The summed E-state index contributed by atoms with van der Waals surface area (Å²) in [6.07, 6.45) is 11.8. The first-order chi connectivity index (χ1) is 22.8. The molecule has 4 aromatic rings. The van der Waals surface area contributed by atoms with Gasteiger partial charge in [0.2, 0.25) is 0 Å². The third kappa shape index (κ3) is 8.87. The average Bonchev–Trinajstić information content (AvgIpc) is 3.08. The third-order valence-electron chi connectivity index (χ3n) is 10.1. The summed E-state index contributed by atoms with van der Waals surface area (Å²) in [4.78, 5) is 24.9. The molecule has 0 heterocycles. The van der Waals surface area contributed by atoms with Crippen LogP contribution < -0.4 is 10.6 Å². The maximum absolute atomic E-state index is 12.5. The molecule has 0 aromatic heterocycles. The van der Waals surface area contributed by atoms with Crippen molar-refractivity contribution in [3.63, 3.8) is 0 Å². The number of hydrogen-bond acceptors (Lipinski definition) is 5. The van der Waals surface area contributed by atoms with Crippen LogP contribution in [-0.2, 0) is 15.4 Å². The van der Waals surface area contributed by atoms with Crippen molar-refractivity contribution in [2.45, 2.75) is 110 Å². The van der Waals surface area contributed by atoms with E-state index in [9.17, 15) is 20.0 Å². The molecule has 0 saturated heterocycles. The van der Waals surface area contributed by atoms with Crippen molar-refractivity contribution in [2.24, 2.45) is 0 Å². The van der Waals surface area contributed by atoms with Gasteiger partial charge in [-0.1, -0.05) is 6.92 Å². The minimum absolute atomic E-state index is 0.222. The molecule has 4 rings (SSSR count). The maximum atomic E-state index is 12.5. The molecule has 0 aliphatic carbocycles. The zero-order valence-electron chi connectivity index (χ0n) is 29.7. The number of rotatable bonds is 18. The van der Waals surface area contributed by atoms with E-state index in [4.69, 9.17) is 4.52 Å². The second kappa shape index (κ2) is 16.0. The molecule has 0 spiro atoms. The third-order valence-corrected chi connectivity index (χ3v) is 13.3.